The number of anilines is 1. The van der Waals surface area contributed by atoms with Gasteiger partial charge in [0.05, 0.1) is 10.7 Å². The van der Waals surface area contributed by atoms with Crippen molar-refractivity contribution in [3.05, 3.63) is 34.5 Å². The summed E-state index contributed by atoms with van der Waals surface area (Å²) < 4.78 is 0. The minimum Gasteiger partial charge on any atom is -0.311 e. The molecule has 110 valence electrons. The molecule has 0 aromatic carbocycles. The van der Waals surface area contributed by atoms with Gasteiger partial charge in [-0.2, -0.15) is 0 Å². The maximum atomic E-state index is 12.6. The van der Waals surface area contributed by atoms with Gasteiger partial charge in [0.15, 0.2) is 0 Å². The Morgan fingerprint density at radius 1 is 1.38 bits per heavy atom. The number of amides is 3. The van der Waals surface area contributed by atoms with E-state index in [9.17, 15) is 9.59 Å². The summed E-state index contributed by atoms with van der Waals surface area (Å²) in [5.41, 5.74) is 2.33. The molecule has 1 aromatic heterocycles. The largest absolute Gasteiger partial charge is 0.333 e. The molecule has 0 aliphatic carbocycles. The average molecular weight is 306 g/mol. The highest BCUT2D eigenvalue weighted by Crippen LogP contribution is 2.33. The first-order chi connectivity index (χ1) is 9.90. The third-order valence-corrected chi connectivity index (χ3v) is 4.42. The van der Waals surface area contributed by atoms with Gasteiger partial charge < -0.3 is 4.90 Å². The number of carbonyl (C=O) groups is 2. The number of hydrogen-bond acceptors (Lipinski definition) is 3. The van der Waals surface area contributed by atoms with E-state index in [0.29, 0.717) is 35.1 Å². The number of carbonyl (C=O) groups excluding carboxylic acids is 2. The molecule has 3 amide bonds. The van der Waals surface area contributed by atoms with Crippen LogP contribution in [0, 0.1) is 13.8 Å². The third kappa shape index (κ3) is 2.12. The molecule has 2 aliphatic heterocycles. The molecule has 5 nitrogen and oxygen atoms in total. The van der Waals surface area contributed by atoms with E-state index in [4.69, 9.17) is 11.6 Å². The zero-order chi connectivity index (χ0) is 15.3. The number of piperidine rings is 1. The SMILES string of the molecule is C=C1CCN2C(=O)N(c3nc(C)c(Cl)cc3C)C(=O)C2C1. The van der Waals surface area contributed by atoms with Gasteiger partial charge in [0.2, 0.25) is 0 Å². The summed E-state index contributed by atoms with van der Waals surface area (Å²) in [5, 5.41) is 0.529. The van der Waals surface area contributed by atoms with Gasteiger partial charge >= 0.3 is 6.03 Å². The van der Waals surface area contributed by atoms with Gasteiger partial charge in [-0.25, -0.2) is 14.7 Å². The van der Waals surface area contributed by atoms with E-state index in [1.54, 1.807) is 24.8 Å². The molecule has 1 unspecified atom stereocenters. The second kappa shape index (κ2) is 4.84. The summed E-state index contributed by atoms with van der Waals surface area (Å²) in [5.74, 6) is 0.157. The van der Waals surface area contributed by atoms with Crippen LogP contribution in [0.4, 0.5) is 10.6 Å². The van der Waals surface area contributed by atoms with Crippen LogP contribution in [0.1, 0.15) is 24.1 Å². The molecule has 3 rings (SSSR count). The van der Waals surface area contributed by atoms with Crippen molar-refractivity contribution < 1.29 is 9.59 Å². The lowest BCUT2D eigenvalue weighted by molar-refractivity contribution is -0.120. The van der Waals surface area contributed by atoms with Crippen LogP contribution in [0.5, 0.6) is 0 Å². The van der Waals surface area contributed by atoms with Crippen molar-refractivity contribution in [1.29, 1.82) is 0 Å². The number of fused-ring (bicyclic) bond motifs is 1. The van der Waals surface area contributed by atoms with Crippen molar-refractivity contribution in [2.75, 3.05) is 11.4 Å². The summed E-state index contributed by atoms with van der Waals surface area (Å²) in [6.07, 6.45) is 1.28. The number of rotatable bonds is 1. The Labute approximate surface area is 128 Å². The van der Waals surface area contributed by atoms with Gasteiger partial charge in [-0.05, 0) is 38.3 Å². The van der Waals surface area contributed by atoms with E-state index in [-0.39, 0.29) is 11.9 Å². The highest BCUT2D eigenvalue weighted by molar-refractivity contribution is 6.31. The molecular weight excluding hydrogens is 290 g/mol. The Balaban J connectivity index is 2.03. The molecule has 0 spiro atoms. The number of urea groups is 1. The lowest BCUT2D eigenvalue weighted by Gasteiger charge is -2.27. The smallest absolute Gasteiger partial charge is 0.311 e. The van der Waals surface area contributed by atoms with E-state index >= 15 is 0 Å². The van der Waals surface area contributed by atoms with E-state index in [1.807, 2.05) is 0 Å². The van der Waals surface area contributed by atoms with Gasteiger partial charge in [0.25, 0.3) is 5.91 Å². The van der Waals surface area contributed by atoms with Gasteiger partial charge in [0, 0.05) is 6.54 Å². The van der Waals surface area contributed by atoms with Crippen molar-refractivity contribution in [1.82, 2.24) is 9.88 Å². The lowest BCUT2D eigenvalue weighted by atomic mass is 9.99. The molecule has 0 saturated carbocycles. The minimum absolute atomic E-state index is 0.224. The standard InChI is InChI=1S/C15H16ClN3O2/c1-8-4-5-18-12(6-8)14(20)19(15(18)21)13-9(2)7-11(16)10(3)17-13/h7,12H,1,4-6H2,2-3H3. The summed E-state index contributed by atoms with van der Waals surface area (Å²) in [6, 6.07) is 1.00. The van der Waals surface area contributed by atoms with Crippen LogP contribution >= 0.6 is 11.6 Å². The highest BCUT2D eigenvalue weighted by Gasteiger charge is 2.48. The number of aryl methyl sites for hydroxylation is 2. The lowest BCUT2D eigenvalue weighted by Crippen LogP contribution is -2.39. The number of imide groups is 1. The monoisotopic (exact) mass is 305 g/mol. The fourth-order valence-corrected chi connectivity index (χ4v) is 3.03. The van der Waals surface area contributed by atoms with Crippen LogP contribution in [0.3, 0.4) is 0 Å². The van der Waals surface area contributed by atoms with E-state index < -0.39 is 6.04 Å². The van der Waals surface area contributed by atoms with Gasteiger partial charge in [-0.3, -0.25) is 4.79 Å². The summed E-state index contributed by atoms with van der Waals surface area (Å²) in [4.78, 5) is 32.3. The molecule has 6 heteroatoms. The number of halogens is 1. The number of aromatic nitrogens is 1. The highest BCUT2D eigenvalue weighted by atomic mass is 35.5. The van der Waals surface area contributed by atoms with Crippen molar-refractivity contribution >= 4 is 29.4 Å². The number of pyridine rings is 1. The summed E-state index contributed by atoms with van der Waals surface area (Å²) >= 11 is 6.03. The average Bonchev–Trinajstić information content (AvgIpc) is 2.66. The first-order valence-corrected chi connectivity index (χ1v) is 7.23. The molecule has 1 aromatic rings. The molecule has 2 fully saturated rings. The third-order valence-electron chi connectivity index (χ3n) is 4.03. The summed E-state index contributed by atoms with van der Waals surface area (Å²) in [7, 11) is 0. The van der Waals surface area contributed by atoms with Crippen molar-refractivity contribution in [3.8, 4) is 0 Å². The first-order valence-electron chi connectivity index (χ1n) is 6.85. The van der Waals surface area contributed by atoms with Gasteiger partial charge in [-0.15, -0.1) is 0 Å². The molecule has 0 bridgehead atoms. The Hall–Kier alpha value is -1.88. The second-order valence-electron chi connectivity index (χ2n) is 5.57. The zero-order valence-corrected chi connectivity index (χ0v) is 12.8. The maximum absolute atomic E-state index is 12.6. The van der Waals surface area contributed by atoms with Crippen LogP contribution in [0.2, 0.25) is 5.02 Å². The minimum atomic E-state index is -0.434. The summed E-state index contributed by atoms with van der Waals surface area (Å²) in [6.45, 7) is 8.02. The van der Waals surface area contributed by atoms with Crippen molar-refractivity contribution in [2.45, 2.75) is 32.7 Å². The predicted molar refractivity (Wildman–Crippen MR) is 80.5 cm³/mol. The number of nitrogens with zero attached hydrogens (tertiary/aromatic N) is 3. The second-order valence-corrected chi connectivity index (χ2v) is 5.97. The normalized spacial score (nSPS) is 22.0. The Morgan fingerprint density at radius 3 is 2.81 bits per heavy atom. The van der Waals surface area contributed by atoms with E-state index in [0.717, 1.165) is 12.0 Å². The number of hydrogen-bond donors (Lipinski definition) is 0. The maximum Gasteiger partial charge on any atom is 0.333 e. The quantitative estimate of drug-likeness (QED) is 0.592. The molecule has 0 N–H and O–H groups in total. The first kappa shape index (κ1) is 14.1. The van der Waals surface area contributed by atoms with Crippen LogP contribution in [-0.4, -0.2) is 34.4 Å². The molecule has 0 radical (unpaired) electrons. The molecule has 1 atom stereocenters. The molecule has 21 heavy (non-hydrogen) atoms. The fourth-order valence-electron chi connectivity index (χ4n) is 2.82. The van der Waals surface area contributed by atoms with E-state index in [2.05, 4.69) is 11.6 Å². The van der Waals surface area contributed by atoms with Crippen LogP contribution < -0.4 is 4.90 Å². The molecule has 2 saturated heterocycles. The van der Waals surface area contributed by atoms with E-state index in [1.165, 1.54) is 4.90 Å². The molecule has 3 heterocycles. The van der Waals surface area contributed by atoms with Crippen molar-refractivity contribution in [3.63, 3.8) is 0 Å². The van der Waals surface area contributed by atoms with Gasteiger partial charge in [-0.1, -0.05) is 23.8 Å². The van der Waals surface area contributed by atoms with Crippen molar-refractivity contribution in [2.24, 2.45) is 0 Å². The zero-order valence-electron chi connectivity index (χ0n) is 12.0. The Bertz CT molecular complexity index is 671. The van der Waals surface area contributed by atoms with Gasteiger partial charge in [0.1, 0.15) is 11.9 Å². The Morgan fingerprint density at radius 2 is 2.10 bits per heavy atom. The van der Waals surface area contributed by atoms with Crippen LogP contribution in [-0.2, 0) is 4.79 Å². The van der Waals surface area contributed by atoms with Crippen LogP contribution in [0.15, 0.2) is 18.2 Å². The van der Waals surface area contributed by atoms with Crippen LogP contribution in [0.25, 0.3) is 0 Å². The molecule has 2 aliphatic rings. The predicted octanol–water partition coefficient (Wildman–Crippen LogP) is 2.84. The fraction of sp³-hybridized carbons (Fsp3) is 0.400. The molecular formula is C15H16ClN3O2. The topological polar surface area (TPSA) is 53.5 Å². The Kier molecular flexibility index (Phi) is 3.24.